The van der Waals surface area contributed by atoms with Gasteiger partial charge in [-0.05, 0) is 42.3 Å². The lowest BCUT2D eigenvalue weighted by atomic mass is 10.2. The van der Waals surface area contributed by atoms with Crippen molar-refractivity contribution in [1.29, 1.82) is 5.26 Å². The Balaban J connectivity index is 1.78. The van der Waals surface area contributed by atoms with Gasteiger partial charge in [0.05, 0.1) is 16.9 Å². The molecule has 1 atom stereocenters. The lowest BCUT2D eigenvalue weighted by molar-refractivity contribution is -0.143. The minimum atomic E-state index is -0.225. The van der Waals surface area contributed by atoms with Gasteiger partial charge in [-0.1, -0.05) is 40.2 Å². The van der Waals surface area contributed by atoms with Gasteiger partial charge in [0.2, 0.25) is 0 Å². The SMILES string of the molecule is C[C@@H](SCc1ccc(Br)cc1)C(=O)OCc1ccc(C#N)cc1. The number of carbonyl (C=O) groups is 1. The van der Waals surface area contributed by atoms with Gasteiger partial charge >= 0.3 is 5.97 Å². The van der Waals surface area contributed by atoms with Gasteiger partial charge in [0, 0.05) is 10.2 Å². The van der Waals surface area contributed by atoms with E-state index in [1.165, 1.54) is 5.56 Å². The number of halogens is 1. The predicted octanol–water partition coefficient (Wildman–Crippen LogP) is 4.69. The molecule has 0 bridgehead atoms. The maximum atomic E-state index is 12.0. The number of hydrogen-bond donors (Lipinski definition) is 0. The standard InChI is InChI=1S/C18H16BrNO2S/c1-13(23-12-16-6-8-17(19)9-7-16)18(21)22-11-15-4-2-14(10-20)3-5-15/h2-9,13H,11-12H2,1H3/t13-/m1/s1. The summed E-state index contributed by atoms with van der Waals surface area (Å²) in [4.78, 5) is 12.0. The first kappa shape index (κ1) is 17.6. The second-order valence-electron chi connectivity index (χ2n) is 5.00. The van der Waals surface area contributed by atoms with Gasteiger partial charge in [-0.2, -0.15) is 5.26 Å². The molecule has 2 aromatic carbocycles. The fourth-order valence-electron chi connectivity index (χ4n) is 1.82. The molecule has 3 nitrogen and oxygen atoms in total. The van der Waals surface area contributed by atoms with E-state index in [0.29, 0.717) is 5.56 Å². The maximum absolute atomic E-state index is 12.0. The van der Waals surface area contributed by atoms with Crippen LogP contribution in [0.15, 0.2) is 53.0 Å². The van der Waals surface area contributed by atoms with Crippen molar-refractivity contribution in [3.05, 3.63) is 69.7 Å². The largest absolute Gasteiger partial charge is 0.460 e. The third-order valence-electron chi connectivity index (χ3n) is 3.21. The van der Waals surface area contributed by atoms with Crippen molar-refractivity contribution >= 4 is 33.7 Å². The molecule has 0 aliphatic heterocycles. The minimum Gasteiger partial charge on any atom is -0.460 e. The molecule has 0 fully saturated rings. The molecule has 2 aromatic rings. The summed E-state index contributed by atoms with van der Waals surface area (Å²) >= 11 is 4.95. The van der Waals surface area contributed by atoms with E-state index in [4.69, 9.17) is 10.00 Å². The molecular formula is C18H16BrNO2S. The second kappa shape index (κ2) is 8.76. The third-order valence-corrected chi connectivity index (χ3v) is 4.93. The number of nitrogens with zero attached hydrogens (tertiary/aromatic N) is 1. The molecule has 0 aromatic heterocycles. The van der Waals surface area contributed by atoms with Crippen LogP contribution in [0.2, 0.25) is 0 Å². The minimum absolute atomic E-state index is 0.225. The van der Waals surface area contributed by atoms with Gasteiger partial charge in [0.15, 0.2) is 0 Å². The Bertz CT molecular complexity index is 692. The zero-order valence-corrected chi connectivity index (χ0v) is 15.1. The average Bonchev–Trinajstić information content (AvgIpc) is 2.59. The van der Waals surface area contributed by atoms with E-state index in [1.807, 2.05) is 31.2 Å². The summed E-state index contributed by atoms with van der Waals surface area (Å²) in [6, 6.07) is 17.1. The predicted molar refractivity (Wildman–Crippen MR) is 95.9 cm³/mol. The Morgan fingerprint density at radius 2 is 1.78 bits per heavy atom. The van der Waals surface area contributed by atoms with Gasteiger partial charge in [-0.15, -0.1) is 11.8 Å². The highest BCUT2D eigenvalue weighted by atomic mass is 79.9. The van der Waals surface area contributed by atoms with Crippen LogP contribution in [0.3, 0.4) is 0 Å². The van der Waals surface area contributed by atoms with E-state index in [-0.39, 0.29) is 17.8 Å². The summed E-state index contributed by atoms with van der Waals surface area (Å²) in [5.41, 5.74) is 2.64. The monoisotopic (exact) mass is 389 g/mol. The molecule has 0 unspecified atom stereocenters. The van der Waals surface area contributed by atoms with Gasteiger partial charge in [0.1, 0.15) is 6.61 Å². The number of rotatable bonds is 6. The number of nitriles is 1. The second-order valence-corrected chi connectivity index (χ2v) is 7.24. The van der Waals surface area contributed by atoms with Crippen molar-refractivity contribution in [3.63, 3.8) is 0 Å². The van der Waals surface area contributed by atoms with E-state index in [2.05, 4.69) is 22.0 Å². The Labute approximate surface area is 148 Å². The Hall–Kier alpha value is -1.77. The first-order chi connectivity index (χ1) is 11.1. The van der Waals surface area contributed by atoms with E-state index in [9.17, 15) is 4.79 Å². The van der Waals surface area contributed by atoms with Crippen molar-refractivity contribution < 1.29 is 9.53 Å². The maximum Gasteiger partial charge on any atom is 0.319 e. The van der Waals surface area contributed by atoms with Crippen LogP contribution in [0.25, 0.3) is 0 Å². The molecule has 0 spiro atoms. The van der Waals surface area contributed by atoms with Crippen LogP contribution in [0.1, 0.15) is 23.6 Å². The van der Waals surface area contributed by atoms with Crippen molar-refractivity contribution in [2.24, 2.45) is 0 Å². The summed E-state index contributed by atoms with van der Waals surface area (Å²) in [6.45, 7) is 2.08. The van der Waals surface area contributed by atoms with Crippen LogP contribution in [0.4, 0.5) is 0 Å². The van der Waals surface area contributed by atoms with E-state index < -0.39 is 0 Å². The zero-order chi connectivity index (χ0) is 16.7. The van der Waals surface area contributed by atoms with Crippen LogP contribution in [-0.2, 0) is 21.9 Å². The van der Waals surface area contributed by atoms with Crippen LogP contribution >= 0.6 is 27.7 Å². The first-order valence-electron chi connectivity index (χ1n) is 7.10. The number of thioether (sulfide) groups is 1. The molecule has 0 saturated carbocycles. The number of carbonyl (C=O) groups excluding carboxylic acids is 1. The molecule has 0 amide bonds. The van der Waals surface area contributed by atoms with Crippen LogP contribution < -0.4 is 0 Å². The summed E-state index contributed by atoms with van der Waals surface area (Å²) in [5, 5.41) is 8.52. The molecule has 118 valence electrons. The molecule has 0 N–H and O–H groups in total. The van der Waals surface area contributed by atoms with Crippen LogP contribution in [0.5, 0.6) is 0 Å². The first-order valence-corrected chi connectivity index (χ1v) is 8.94. The highest BCUT2D eigenvalue weighted by Gasteiger charge is 2.15. The summed E-state index contributed by atoms with van der Waals surface area (Å²) in [6.07, 6.45) is 0. The van der Waals surface area contributed by atoms with Crippen LogP contribution in [0, 0.1) is 11.3 Å². The molecule has 5 heteroatoms. The normalized spacial score (nSPS) is 11.5. The number of benzene rings is 2. The Kier molecular flexibility index (Phi) is 6.69. The fourth-order valence-corrected chi connectivity index (χ4v) is 2.92. The van der Waals surface area contributed by atoms with Gasteiger partial charge in [-0.3, -0.25) is 4.79 Å². The summed E-state index contributed by atoms with van der Waals surface area (Å²) < 4.78 is 6.36. The smallest absolute Gasteiger partial charge is 0.319 e. The van der Waals surface area contributed by atoms with Crippen molar-refractivity contribution in [2.45, 2.75) is 24.5 Å². The lowest BCUT2D eigenvalue weighted by Gasteiger charge is -2.11. The van der Waals surface area contributed by atoms with Crippen LogP contribution in [-0.4, -0.2) is 11.2 Å². The van der Waals surface area contributed by atoms with Gasteiger partial charge in [-0.25, -0.2) is 0 Å². The van der Waals surface area contributed by atoms with Crippen molar-refractivity contribution in [1.82, 2.24) is 0 Å². The number of ether oxygens (including phenoxy) is 1. The molecule has 0 heterocycles. The summed E-state index contributed by atoms with van der Waals surface area (Å²) in [5.74, 6) is 0.539. The number of esters is 1. The zero-order valence-electron chi connectivity index (χ0n) is 12.7. The molecule has 0 aliphatic rings. The van der Waals surface area contributed by atoms with E-state index in [0.717, 1.165) is 15.8 Å². The molecule has 0 aliphatic carbocycles. The molecular weight excluding hydrogens is 374 g/mol. The lowest BCUT2D eigenvalue weighted by Crippen LogP contribution is -2.17. The van der Waals surface area contributed by atoms with Gasteiger partial charge in [0.25, 0.3) is 0 Å². The Morgan fingerprint density at radius 3 is 2.39 bits per heavy atom. The van der Waals surface area contributed by atoms with E-state index >= 15 is 0 Å². The summed E-state index contributed by atoms with van der Waals surface area (Å²) in [7, 11) is 0. The topological polar surface area (TPSA) is 50.1 Å². The van der Waals surface area contributed by atoms with Crippen molar-refractivity contribution in [3.8, 4) is 6.07 Å². The average molecular weight is 390 g/mol. The fraction of sp³-hybridized carbons (Fsp3) is 0.222. The molecule has 2 rings (SSSR count). The van der Waals surface area contributed by atoms with Gasteiger partial charge < -0.3 is 4.74 Å². The highest BCUT2D eigenvalue weighted by molar-refractivity contribution is 9.10. The molecule has 0 radical (unpaired) electrons. The number of hydrogen-bond acceptors (Lipinski definition) is 4. The Morgan fingerprint density at radius 1 is 1.17 bits per heavy atom. The van der Waals surface area contributed by atoms with E-state index in [1.54, 1.807) is 36.0 Å². The third kappa shape index (κ3) is 5.74. The van der Waals surface area contributed by atoms with Crippen molar-refractivity contribution in [2.75, 3.05) is 0 Å². The highest BCUT2D eigenvalue weighted by Crippen LogP contribution is 2.20. The molecule has 23 heavy (non-hydrogen) atoms. The molecule has 0 saturated heterocycles. The quantitative estimate of drug-likeness (QED) is 0.672.